The molecule has 1 N–H and O–H groups in total. The molecule has 0 atom stereocenters. The predicted octanol–water partition coefficient (Wildman–Crippen LogP) is 3.37. The van der Waals surface area contributed by atoms with Crippen LogP contribution in [0.4, 0.5) is 0 Å². The van der Waals surface area contributed by atoms with E-state index in [-0.39, 0.29) is 5.41 Å². The second kappa shape index (κ2) is 7.06. The Morgan fingerprint density at radius 3 is 2.47 bits per heavy atom. The highest BCUT2D eigenvalue weighted by molar-refractivity contribution is 5.26. The molecule has 2 rings (SSSR count). The zero-order chi connectivity index (χ0) is 13.6. The molecular formula is C17H27NO. The standard InChI is InChI=1S/C17H27NO/c1-15(2)8-11-18-14-17(9-12-19-13-10-17)16-6-4-3-5-7-16/h3-7,15,18H,8-14H2,1-2H3. The van der Waals surface area contributed by atoms with E-state index in [2.05, 4.69) is 49.5 Å². The average molecular weight is 261 g/mol. The van der Waals surface area contributed by atoms with E-state index in [1.54, 1.807) is 0 Å². The molecule has 0 saturated carbocycles. The van der Waals surface area contributed by atoms with Crippen molar-refractivity contribution in [2.24, 2.45) is 5.92 Å². The quantitative estimate of drug-likeness (QED) is 0.793. The first-order valence-corrected chi connectivity index (χ1v) is 7.57. The van der Waals surface area contributed by atoms with Crippen molar-refractivity contribution in [3.05, 3.63) is 35.9 Å². The van der Waals surface area contributed by atoms with Crippen LogP contribution in [0.15, 0.2) is 30.3 Å². The van der Waals surface area contributed by atoms with Crippen LogP contribution in [0.2, 0.25) is 0 Å². The molecule has 1 saturated heterocycles. The Balaban J connectivity index is 1.99. The van der Waals surface area contributed by atoms with Gasteiger partial charge in [0.25, 0.3) is 0 Å². The largest absolute Gasteiger partial charge is 0.381 e. The van der Waals surface area contributed by atoms with Crippen LogP contribution < -0.4 is 5.32 Å². The van der Waals surface area contributed by atoms with Crippen LogP contribution in [0.1, 0.15) is 38.7 Å². The zero-order valence-corrected chi connectivity index (χ0v) is 12.3. The third-order valence-electron chi connectivity index (χ3n) is 4.20. The lowest BCUT2D eigenvalue weighted by Crippen LogP contribution is -2.43. The fourth-order valence-corrected chi connectivity index (χ4v) is 2.84. The Hall–Kier alpha value is -0.860. The summed E-state index contributed by atoms with van der Waals surface area (Å²) in [6, 6.07) is 11.0. The second-order valence-corrected chi connectivity index (χ2v) is 6.12. The summed E-state index contributed by atoms with van der Waals surface area (Å²) < 4.78 is 5.56. The van der Waals surface area contributed by atoms with Gasteiger partial charge in [0.05, 0.1) is 0 Å². The number of nitrogens with one attached hydrogen (secondary N) is 1. The molecule has 106 valence electrons. The normalized spacial score (nSPS) is 18.7. The summed E-state index contributed by atoms with van der Waals surface area (Å²) in [4.78, 5) is 0. The minimum Gasteiger partial charge on any atom is -0.381 e. The summed E-state index contributed by atoms with van der Waals surface area (Å²) in [7, 11) is 0. The van der Waals surface area contributed by atoms with Crippen LogP contribution in [0, 0.1) is 5.92 Å². The predicted molar refractivity (Wildman–Crippen MR) is 80.5 cm³/mol. The molecule has 2 nitrogen and oxygen atoms in total. The molecule has 19 heavy (non-hydrogen) atoms. The Morgan fingerprint density at radius 2 is 1.84 bits per heavy atom. The average Bonchev–Trinajstić information content (AvgIpc) is 2.45. The smallest absolute Gasteiger partial charge is 0.0475 e. The molecule has 1 fully saturated rings. The molecule has 0 aromatic heterocycles. The Bertz CT molecular complexity index is 355. The van der Waals surface area contributed by atoms with Gasteiger partial charge in [-0.25, -0.2) is 0 Å². The van der Waals surface area contributed by atoms with Crippen molar-refractivity contribution in [1.82, 2.24) is 5.32 Å². The van der Waals surface area contributed by atoms with Gasteiger partial charge in [-0.05, 0) is 37.3 Å². The van der Waals surface area contributed by atoms with Crippen molar-refractivity contribution < 1.29 is 4.74 Å². The van der Waals surface area contributed by atoms with Crippen LogP contribution in [0.3, 0.4) is 0 Å². The molecule has 1 aliphatic rings. The van der Waals surface area contributed by atoms with Crippen molar-refractivity contribution in [2.75, 3.05) is 26.3 Å². The molecule has 1 aliphatic heterocycles. The Labute approximate surface area is 117 Å². The fraction of sp³-hybridized carbons (Fsp3) is 0.647. The minimum atomic E-state index is 0.274. The van der Waals surface area contributed by atoms with E-state index in [1.165, 1.54) is 12.0 Å². The maximum absolute atomic E-state index is 5.56. The molecular weight excluding hydrogens is 234 g/mol. The SMILES string of the molecule is CC(C)CCNCC1(c2ccccc2)CCOCC1. The summed E-state index contributed by atoms with van der Waals surface area (Å²) >= 11 is 0. The lowest BCUT2D eigenvalue weighted by molar-refractivity contribution is 0.0498. The molecule has 2 heteroatoms. The van der Waals surface area contributed by atoms with Crippen molar-refractivity contribution in [3.63, 3.8) is 0 Å². The van der Waals surface area contributed by atoms with Crippen molar-refractivity contribution >= 4 is 0 Å². The summed E-state index contributed by atoms with van der Waals surface area (Å²) in [6.45, 7) is 8.54. The van der Waals surface area contributed by atoms with E-state index in [0.29, 0.717) is 0 Å². The third kappa shape index (κ3) is 4.05. The zero-order valence-electron chi connectivity index (χ0n) is 12.3. The van der Waals surface area contributed by atoms with Crippen LogP contribution in [0.5, 0.6) is 0 Å². The molecule has 0 unspecified atom stereocenters. The number of ether oxygens (including phenoxy) is 1. The summed E-state index contributed by atoms with van der Waals surface area (Å²) in [6.07, 6.45) is 3.51. The highest BCUT2D eigenvalue weighted by Gasteiger charge is 2.33. The lowest BCUT2D eigenvalue weighted by Gasteiger charge is -2.38. The van der Waals surface area contributed by atoms with Gasteiger partial charge in [-0.1, -0.05) is 44.2 Å². The molecule has 0 bridgehead atoms. The topological polar surface area (TPSA) is 21.3 Å². The monoisotopic (exact) mass is 261 g/mol. The first-order chi connectivity index (χ1) is 9.23. The van der Waals surface area contributed by atoms with Gasteiger partial charge >= 0.3 is 0 Å². The van der Waals surface area contributed by atoms with Crippen LogP contribution in [-0.2, 0) is 10.2 Å². The van der Waals surface area contributed by atoms with E-state index >= 15 is 0 Å². The van der Waals surface area contributed by atoms with Crippen molar-refractivity contribution in [2.45, 2.75) is 38.5 Å². The first-order valence-electron chi connectivity index (χ1n) is 7.57. The number of hydrogen-bond donors (Lipinski definition) is 1. The van der Waals surface area contributed by atoms with E-state index in [4.69, 9.17) is 4.74 Å². The second-order valence-electron chi connectivity index (χ2n) is 6.12. The number of benzene rings is 1. The number of hydrogen-bond acceptors (Lipinski definition) is 2. The molecule has 1 aromatic carbocycles. The van der Waals surface area contributed by atoms with Gasteiger partial charge in [0.2, 0.25) is 0 Å². The molecule has 0 spiro atoms. The molecule has 0 radical (unpaired) electrons. The van der Waals surface area contributed by atoms with Crippen LogP contribution >= 0.6 is 0 Å². The molecule has 1 aromatic rings. The summed E-state index contributed by atoms with van der Waals surface area (Å²) in [5.41, 5.74) is 1.74. The van der Waals surface area contributed by atoms with E-state index < -0.39 is 0 Å². The van der Waals surface area contributed by atoms with Gasteiger partial charge in [0.1, 0.15) is 0 Å². The molecule has 1 heterocycles. The van der Waals surface area contributed by atoms with Gasteiger partial charge in [0.15, 0.2) is 0 Å². The Kier molecular flexibility index (Phi) is 5.41. The highest BCUT2D eigenvalue weighted by Crippen LogP contribution is 2.34. The van der Waals surface area contributed by atoms with Gasteiger partial charge in [-0.3, -0.25) is 0 Å². The Morgan fingerprint density at radius 1 is 1.16 bits per heavy atom. The molecule has 0 aliphatic carbocycles. The maximum atomic E-state index is 5.56. The lowest BCUT2D eigenvalue weighted by atomic mass is 9.74. The van der Waals surface area contributed by atoms with E-state index in [1.807, 2.05) is 0 Å². The van der Waals surface area contributed by atoms with Gasteiger partial charge in [-0.2, -0.15) is 0 Å². The van der Waals surface area contributed by atoms with Crippen LogP contribution in [0.25, 0.3) is 0 Å². The fourth-order valence-electron chi connectivity index (χ4n) is 2.84. The maximum Gasteiger partial charge on any atom is 0.0475 e. The van der Waals surface area contributed by atoms with Crippen molar-refractivity contribution in [1.29, 1.82) is 0 Å². The minimum absolute atomic E-state index is 0.274. The first kappa shape index (κ1) is 14.5. The summed E-state index contributed by atoms with van der Waals surface area (Å²) in [5, 5.41) is 3.67. The third-order valence-corrected chi connectivity index (χ3v) is 4.20. The molecule has 0 amide bonds. The van der Waals surface area contributed by atoms with Gasteiger partial charge in [0, 0.05) is 25.2 Å². The van der Waals surface area contributed by atoms with Crippen LogP contribution in [-0.4, -0.2) is 26.3 Å². The van der Waals surface area contributed by atoms with Gasteiger partial charge in [-0.15, -0.1) is 0 Å². The summed E-state index contributed by atoms with van der Waals surface area (Å²) in [5.74, 6) is 0.773. The highest BCUT2D eigenvalue weighted by atomic mass is 16.5. The number of rotatable bonds is 6. The van der Waals surface area contributed by atoms with E-state index in [9.17, 15) is 0 Å². The van der Waals surface area contributed by atoms with Gasteiger partial charge < -0.3 is 10.1 Å². The van der Waals surface area contributed by atoms with Crippen molar-refractivity contribution in [3.8, 4) is 0 Å². The van der Waals surface area contributed by atoms with E-state index in [0.717, 1.165) is 45.1 Å².